The number of carbonyl (C=O) groups excluding carboxylic acids is 1. The molecular weight excluding hydrogens is 297 g/mol. The zero-order valence-electron chi connectivity index (χ0n) is 12.6. The van der Waals surface area contributed by atoms with Crippen LogP contribution in [0.15, 0.2) is 48.5 Å². The van der Waals surface area contributed by atoms with E-state index in [4.69, 9.17) is 4.74 Å². The lowest BCUT2D eigenvalue weighted by Crippen LogP contribution is -2.41. The molecule has 1 aliphatic carbocycles. The third-order valence-corrected chi connectivity index (χ3v) is 4.10. The lowest BCUT2D eigenvalue weighted by molar-refractivity contribution is -0.124. The molecule has 0 bridgehead atoms. The number of ether oxygens (including phenoxy) is 1. The van der Waals surface area contributed by atoms with Crippen LogP contribution in [0.5, 0.6) is 5.75 Å². The van der Waals surface area contributed by atoms with Crippen LogP contribution in [0.1, 0.15) is 17.5 Å². The normalized spacial score (nSPS) is 19.2. The zero-order chi connectivity index (χ0) is 16.3. The number of carbonyl (C=O) groups is 1. The molecule has 0 spiro atoms. The monoisotopic (exact) mass is 315 g/mol. The SMILES string of the molecule is O=C(COc1ccccc1F)NCC1(O)CCc2ccccc21. The van der Waals surface area contributed by atoms with Crippen molar-refractivity contribution in [3.63, 3.8) is 0 Å². The maximum absolute atomic E-state index is 13.4. The number of hydrogen-bond acceptors (Lipinski definition) is 3. The minimum Gasteiger partial charge on any atom is -0.481 e. The Balaban J connectivity index is 1.55. The van der Waals surface area contributed by atoms with Gasteiger partial charge in [-0.05, 0) is 36.1 Å². The standard InChI is InChI=1S/C18H18FNO3/c19-15-7-3-4-8-16(15)23-11-17(21)20-12-18(22)10-9-13-5-1-2-6-14(13)18/h1-8,22H,9-12H2,(H,20,21). The molecule has 1 atom stereocenters. The maximum Gasteiger partial charge on any atom is 0.258 e. The Hall–Kier alpha value is -2.40. The first kappa shape index (κ1) is 15.5. The Kier molecular flexibility index (Phi) is 4.30. The predicted molar refractivity (Wildman–Crippen MR) is 83.6 cm³/mol. The number of nitrogens with one attached hydrogen (secondary N) is 1. The Morgan fingerprint density at radius 2 is 1.96 bits per heavy atom. The van der Waals surface area contributed by atoms with E-state index in [1.807, 2.05) is 24.3 Å². The van der Waals surface area contributed by atoms with Crippen molar-refractivity contribution in [2.45, 2.75) is 18.4 Å². The highest BCUT2D eigenvalue weighted by atomic mass is 19.1. The number of hydrogen-bond donors (Lipinski definition) is 2. The van der Waals surface area contributed by atoms with Crippen LogP contribution in [-0.2, 0) is 16.8 Å². The highest BCUT2D eigenvalue weighted by molar-refractivity contribution is 5.77. The van der Waals surface area contributed by atoms with Crippen LogP contribution in [0.3, 0.4) is 0 Å². The van der Waals surface area contributed by atoms with Gasteiger partial charge in [-0.1, -0.05) is 36.4 Å². The van der Waals surface area contributed by atoms with E-state index in [1.165, 1.54) is 12.1 Å². The fourth-order valence-corrected chi connectivity index (χ4v) is 2.85. The number of aryl methyl sites for hydroxylation is 1. The van der Waals surface area contributed by atoms with Gasteiger partial charge in [0, 0.05) is 0 Å². The van der Waals surface area contributed by atoms with Crippen molar-refractivity contribution in [3.05, 3.63) is 65.5 Å². The predicted octanol–water partition coefficient (Wildman–Crippen LogP) is 2.15. The minimum absolute atomic E-state index is 0.0348. The minimum atomic E-state index is -1.05. The van der Waals surface area contributed by atoms with Gasteiger partial charge in [-0.15, -0.1) is 0 Å². The van der Waals surface area contributed by atoms with E-state index in [0.29, 0.717) is 6.42 Å². The summed E-state index contributed by atoms with van der Waals surface area (Å²) in [6.45, 7) is -0.178. The van der Waals surface area contributed by atoms with E-state index < -0.39 is 17.3 Å². The van der Waals surface area contributed by atoms with Crippen LogP contribution in [-0.4, -0.2) is 24.2 Å². The Morgan fingerprint density at radius 1 is 1.22 bits per heavy atom. The average molecular weight is 315 g/mol. The Labute approximate surface area is 133 Å². The van der Waals surface area contributed by atoms with Crippen molar-refractivity contribution >= 4 is 5.91 Å². The van der Waals surface area contributed by atoms with Gasteiger partial charge in [-0.3, -0.25) is 4.79 Å². The molecule has 1 unspecified atom stereocenters. The smallest absolute Gasteiger partial charge is 0.258 e. The van der Waals surface area contributed by atoms with Gasteiger partial charge in [0.05, 0.1) is 6.54 Å². The summed E-state index contributed by atoms with van der Waals surface area (Å²) < 4.78 is 18.5. The molecule has 0 saturated carbocycles. The van der Waals surface area contributed by atoms with Gasteiger partial charge in [0.2, 0.25) is 0 Å². The van der Waals surface area contributed by atoms with Crippen molar-refractivity contribution in [3.8, 4) is 5.75 Å². The summed E-state index contributed by atoms with van der Waals surface area (Å²) in [5.74, 6) is -0.873. The van der Waals surface area contributed by atoms with Gasteiger partial charge >= 0.3 is 0 Å². The molecule has 0 aromatic heterocycles. The molecule has 2 aromatic rings. The number of halogens is 1. The summed E-state index contributed by atoms with van der Waals surface area (Å²) in [6.07, 6.45) is 1.36. The molecule has 1 amide bonds. The summed E-state index contributed by atoms with van der Waals surface area (Å²) >= 11 is 0. The van der Waals surface area contributed by atoms with Crippen LogP contribution in [0, 0.1) is 5.82 Å². The van der Waals surface area contributed by atoms with Gasteiger partial charge < -0.3 is 15.2 Å². The summed E-state index contributed by atoms with van der Waals surface area (Å²) in [5, 5.41) is 13.4. The first-order chi connectivity index (χ1) is 11.1. The second-order valence-corrected chi connectivity index (χ2v) is 5.68. The zero-order valence-corrected chi connectivity index (χ0v) is 12.6. The van der Waals surface area contributed by atoms with Crippen molar-refractivity contribution in [1.82, 2.24) is 5.32 Å². The quantitative estimate of drug-likeness (QED) is 0.889. The van der Waals surface area contributed by atoms with Gasteiger partial charge in [-0.2, -0.15) is 0 Å². The molecule has 2 N–H and O–H groups in total. The fourth-order valence-electron chi connectivity index (χ4n) is 2.85. The molecule has 3 rings (SSSR count). The molecule has 0 aliphatic heterocycles. The number of fused-ring (bicyclic) bond motifs is 1. The Bertz CT molecular complexity index is 719. The molecule has 23 heavy (non-hydrogen) atoms. The number of rotatable bonds is 5. The van der Waals surface area contributed by atoms with Crippen LogP contribution in [0.2, 0.25) is 0 Å². The van der Waals surface area contributed by atoms with E-state index in [0.717, 1.165) is 17.5 Å². The lowest BCUT2D eigenvalue weighted by atomic mass is 9.96. The van der Waals surface area contributed by atoms with Gasteiger partial charge in [0.1, 0.15) is 5.60 Å². The molecule has 0 saturated heterocycles. The van der Waals surface area contributed by atoms with Gasteiger partial charge in [0.15, 0.2) is 18.2 Å². The lowest BCUT2D eigenvalue weighted by Gasteiger charge is -2.24. The molecule has 0 fully saturated rings. The summed E-state index contributed by atoms with van der Waals surface area (Å²) in [4.78, 5) is 11.9. The molecule has 4 nitrogen and oxygen atoms in total. The molecular formula is C18H18FNO3. The number of aliphatic hydroxyl groups is 1. The highest BCUT2D eigenvalue weighted by Gasteiger charge is 2.36. The molecule has 0 heterocycles. The van der Waals surface area contributed by atoms with E-state index >= 15 is 0 Å². The van der Waals surface area contributed by atoms with Crippen LogP contribution < -0.4 is 10.1 Å². The summed E-state index contributed by atoms with van der Waals surface area (Å²) in [7, 11) is 0. The van der Waals surface area contributed by atoms with Crippen molar-refractivity contribution in [2.24, 2.45) is 0 Å². The summed E-state index contributed by atoms with van der Waals surface area (Å²) in [6, 6.07) is 13.6. The first-order valence-electron chi connectivity index (χ1n) is 7.53. The number of para-hydroxylation sites is 1. The van der Waals surface area contributed by atoms with E-state index in [-0.39, 0.29) is 18.9 Å². The van der Waals surface area contributed by atoms with Crippen molar-refractivity contribution in [2.75, 3.05) is 13.2 Å². The fraction of sp³-hybridized carbons (Fsp3) is 0.278. The second-order valence-electron chi connectivity index (χ2n) is 5.68. The number of amides is 1. The molecule has 1 aliphatic rings. The third kappa shape index (κ3) is 3.35. The Morgan fingerprint density at radius 3 is 2.78 bits per heavy atom. The molecule has 2 aromatic carbocycles. The van der Waals surface area contributed by atoms with Crippen LogP contribution in [0.25, 0.3) is 0 Å². The highest BCUT2D eigenvalue weighted by Crippen LogP contribution is 2.36. The first-order valence-corrected chi connectivity index (χ1v) is 7.53. The maximum atomic E-state index is 13.4. The largest absolute Gasteiger partial charge is 0.481 e. The van der Waals surface area contributed by atoms with E-state index in [1.54, 1.807) is 12.1 Å². The van der Waals surface area contributed by atoms with E-state index in [9.17, 15) is 14.3 Å². The number of benzene rings is 2. The van der Waals surface area contributed by atoms with Crippen LogP contribution in [0.4, 0.5) is 4.39 Å². The molecule has 120 valence electrons. The van der Waals surface area contributed by atoms with Crippen molar-refractivity contribution in [1.29, 1.82) is 0 Å². The second kappa shape index (κ2) is 6.38. The summed E-state index contributed by atoms with van der Waals surface area (Å²) in [5.41, 5.74) is 0.909. The van der Waals surface area contributed by atoms with Gasteiger partial charge in [-0.25, -0.2) is 4.39 Å². The molecule has 5 heteroatoms. The topological polar surface area (TPSA) is 58.6 Å². The van der Waals surface area contributed by atoms with Gasteiger partial charge in [0.25, 0.3) is 5.91 Å². The van der Waals surface area contributed by atoms with Crippen LogP contribution >= 0.6 is 0 Å². The van der Waals surface area contributed by atoms with E-state index in [2.05, 4.69) is 5.32 Å². The molecule has 0 radical (unpaired) electrons. The van der Waals surface area contributed by atoms with Crippen molar-refractivity contribution < 1.29 is 19.0 Å². The third-order valence-electron chi connectivity index (χ3n) is 4.10. The average Bonchev–Trinajstić information content (AvgIpc) is 2.90.